The van der Waals surface area contributed by atoms with Gasteiger partial charge in [0.05, 0.1) is 6.26 Å². The minimum Gasteiger partial charge on any atom is -0.463 e. The normalized spacial score (nSPS) is 17.2. The van der Waals surface area contributed by atoms with Crippen LogP contribution >= 0.6 is 27.3 Å². The van der Waals surface area contributed by atoms with Crippen LogP contribution in [0.3, 0.4) is 0 Å². The maximum Gasteiger partial charge on any atom is 0.255 e. The van der Waals surface area contributed by atoms with Gasteiger partial charge in [-0.25, -0.2) is 4.98 Å². The monoisotopic (exact) mass is 387 g/mol. The predicted molar refractivity (Wildman–Crippen MR) is 92.0 cm³/mol. The fourth-order valence-corrected chi connectivity index (χ4v) is 3.89. The van der Waals surface area contributed by atoms with Crippen LogP contribution in [0.4, 0.5) is 5.82 Å². The van der Waals surface area contributed by atoms with Gasteiger partial charge in [0, 0.05) is 26.5 Å². The topological polar surface area (TPSA) is 67.5 Å². The number of rotatable bonds is 2. The largest absolute Gasteiger partial charge is 0.463 e. The van der Waals surface area contributed by atoms with Crippen LogP contribution in [0.1, 0.15) is 22.2 Å². The van der Waals surface area contributed by atoms with Gasteiger partial charge in [-0.3, -0.25) is 9.79 Å². The summed E-state index contributed by atoms with van der Waals surface area (Å²) in [5.41, 5.74) is 1.36. The fourth-order valence-electron chi connectivity index (χ4n) is 2.41. The first-order valence-corrected chi connectivity index (χ1v) is 8.51. The van der Waals surface area contributed by atoms with Gasteiger partial charge in [-0.15, -0.1) is 11.3 Å². The summed E-state index contributed by atoms with van der Waals surface area (Å²) in [6, 6.07) is 8.57. The van der Waals surface area contributed by atoms with E-state index in [0.29, 0.717) is 17.3 Å². The van der Waals surface area contributed by atoms with E-state index in [1.165, 1.54) is 11.3 Å². The minimum atomic E-state index is -0.638. The Balaban J connectivity index is 1.91. The van der Waals surface area contributed by atoms with Gasteiger partial charge < -0.3 is 9.73 Å². The van der Waals surface area contributed by atoms with E-state index in [9.17, 15) is 4.79 Å². The van der Waals surface area contributed by atoms with Crippen LogP contribution in [0.2, 0.25) is 0 Å². The zero-order valence-electron chi connectivity index (χ0n) is 11.7. The van der Waals surface area contributed by atoms with Crippen LogP contribution in [0.5, 0.6) is 0 Å². The summed E-state index contributed by atoms with van der Waals surface area (Å²) in [6.07, 6.45) is 3.23. The summed E-state index contributed by atoms with van der Waals surface area (Å²) in [7, 11) is 0. The summed E-state index contributed by atoms with van der Waals surface area (Å²) in [5.74, 6) is 0.892. The van der Waals surface area contributed by atoms with E-state index < -0.39 is 6.04 Å². The molecule has 0 bridgehead atoms. The van der Waals surface area contributed by atoms with E-state index >= 15 is 0 Å². The van der Waals surface area contributed by atoms with Crippen LogP contribution < -0.4 is 5.32 Å². The van der Waals surface area contributed by atoms with Crippen molar-refractivity contribution >= 4 is 44.7 Å². The average Bonchev–Trinajstić information content (AvgIpc) is 3.18. The molecule has 0 radical (unpaired) electrons. The number of furan rings is 1. The van der Waals surface area contributed by atoms with Crippen molar-refractivity contribution in [2.45, 2.75) is 6.04 Å². The number of amides is 1. The predicted octanol–water partition coefficient (Wildman–Crippen LogP) is 4.03. The molecule has 114 valence electrons. The first kappa shape index (κ1) is 14.3. The number of halogens is 1. The molecule has 3 aromatic rings. The van der Waals surface area contributed by atoms with E-state index in [1.54, 1.807) is 18.5 Å². The van der Waals surface area contributed by atoms with Crippen molar-refractivity contribution in [1.29, 1.82) is 0 Å². The average molecular weight is 388 g/mol. The molecule has 0 spiro atoms. The maximum absolute atomic E-state index is 12.6. The molecule has 4 heterocycles. The van der Waals surface area contributed by atoms with E-state index in [2.05, 4.69) is 31.2 Å². The van der Waals surface area contributed by atoms with Gasteiger partial charge in [-0.1, -0.05) is 0 Å². The first-order valence-electron chi connectivity index (χ1n) is 6.84. The molecule has 0 saturated carbocycles. The van der Waals surface area contributed by atoms with E-state index in [4.69, 9.17) is 4.42 Å². The zero-order chi connectivity index (χ0) is 15.8. The molecule has 1 amide bonds. The minimum absolute atomic E-state index is 0.208. The number of carbonyl (C=O) groups is 1. The Kier molecular flexibility index (Phi) is 3.59. The van der Waals surface area contributed by atoms with Crippen LogP contribution in [0, 0.1) is 0 Å². The highest BCUT2D eigenvalue weighted by atomic mass is 79.9. The lowest BCUT2D eigenvalue weighted by Gasteiger charge is -2.08. The third-order valence-corrected chi connectivity index (χ3v) is 5.17. The number of thiophene rings is 1. The second-order valence-electron chi connectivity index (χ2n) is 4.91. The number of hydrogen-bond donors (Lipinski definition) is 1. The fraction of sp³-hybridized carbons (Fsp3) is 0.0625. The third kappa shape index (κ3) is 2.62. The van der Waals surface area contributed by atoms with Crippen molar-refractivity contribution < 1.29 is 9.21 Å². The number of anilines is 1. The molecule has 7 heteroatoms. The number of aliphatic imine (C=N–C) groups is 1. The molecule has 0 saturated heterocycles. The first-order chi connectivity index (χ1) is 11.2. The van der Waals surface area contributed by atoms with Gasteiger partial charge in [-0.2, -0.15) is 0 Å². The number of pyridine rings is 1. The van der Waals surface area contributed by atoms with Crippen molar-refractivity contribution in [3.63, 3.8) is 0 Å². The molecule has 23 heavy (non-hydrogen) atoms. The number of aromatic nitrogens is 1. The van der Waals surface area contributed by atoms with Gasteiger partial charge in [-0.05, 0) is 46.3 Å². The van der Waals surface area contributed by atoms with E-state index in [-0.39, 0.29) is 5.91 Å². The summed E-state index contributed by atoms with van der Waals surface area (Å²) < 4.78 is 6.44. The van der Waals surface area contributed by atoms with Gasteiger partial charge in [0.15, 0.2) is 11.8 Å². The van der Waals surface area contributed by atoms with Crippen molar-refractivity contribution in [2.24, 2.45) is 4.99 Å². The second-order valence-corrected chi connectivity index (χ2v) is 6.77. The third-order valence-electron chi connectivity index (χ3n) is 3.42. The molecule has 1 N–H and O–H groups in total. The molecule has 1 atom stereocenters. The molecule has 1 unspecified atom stereocenters. The Bertz CT molecular complexity index is 902. The molecule has 0 aromatic carbocycles. The Morgan fingerprint density at radius 1 is 1.30 bits per heavy atom. The highest BCUT2D eigenvalue weighted by Crippen LogP contribution is 2.33. The molecular weight excluding hydrogens is 378 g/mol. The van der Waals surface area contributed by atoms with Crippen LogP contribution in [0.25, 0.3) is 0 Å². The number of hydrogen-bond acceptors (Lipinski definition) is 5. The molecule has 1 aliphatic rings. The number of fused-ring (bicyclic) bond motifs is 1. The molecule has 0 fully saturated rings. The molecule has 5 nitrogen and oxygen atoms in total. The quantitative estimate of drug-likeness (QED) is 0.721. The molecule has 4 rings (SSSR count). The lowest BCUT2D eigenvalue weighted by Crippen LogP contribution is -2.18. The molecule has 3 aromatic heterocycles. The van der Waals surface area contributed by atoms with Gasteiger partial charge in [0.25, 0.3) is 5.91 Å². The number of carbonyl (C=O) groups excluding carboxylic acids is 1. The van der Waals surface area contributed by atoms with E-state index in [0.717, 1.165) is 14.9 Å². The maximum atomic E-state index is 12.6. The van der Waals surface area contributed by atoms with Crippen LogP contribution in [-0.4, -0.2) is 16.6 Å². The Morgan fingerprint density at radius 2 is 2.22 bits per heavy atom. The SMILES string of the molecule is O=C1Nc2ncccc2C(c2ccco2)=NC1c1cc(Br)cs1. The highest BCUT2D eigenvalue weighted by Gasteiger charge is 2.29. The summed E-state index contributed by atoms with van der Waals surface area (Å²) in [6.45, 7) is 0. The van der Waals surface area contributed by atoms with Crippen molar-refractivity contribution in [3.05, 3.63) is 68.8 Å². The molecular formula is C16H10BrN3O2S. The Labute approximate surface area is 144 Å². The standard InChI is InChI=1S/C16H10BrN3O2S/c17-9-7-12(23-8-9)14-16(21)20-15-10(3-1-5-18-15)13(19-14)11-4-2-6-22-11/h1-8,14H,(H,18,20,21). The van der Waals surface area contributed by atoms with Gasteiger partial charge in [0.2, 0.25) is 0 Å². The van der Waals surface area contributed by atoms with Crippen molar-refractivity contribution in [2.75, 3.05) is 5.32 Å². The lowest BCUT2D eigenvalue weighted by atomic mass is 10.1. The van der Waals surface area contributed by atoms with Crippen molar-refractivity contribution in [3.8, 4) is 0 Å². The molecule has 1 aliphatic heterocycles. The summed E-state index contributed by atoms with van der Waals surface area (Å²) in [5, 5.41) is 4.79. The number of nitrogens with one attached hydrogen (secondary N) is 1. The van der Waals surface area contributed by atoms with Crippen LogP contribution in [0.15, 0.2) is 62.1 Å². The van der Waals surface area contributed by atoms with Crippen LogP contribution in [-0.2, 0) is 4.79 Å². The van der Waals surface area contributed by atoms with Gasteiger partial charge >= 0.3 is 0 Å². The zero-order valence-corrected chi connectivity index (χ0v) is 14.1. The summed E-state index contributed by atoms with van der Waals surface area (Å²) >= 11 is 4.90. The lowest BCUT2D eigenvalue weighted by molar-refractivity contribution is -0.117. The smallest absolute Gasteiger partial charge is 0.255 e. The Hall–Kier alpha value is -2.25. The number of nitrogens with zero attached hydrogens (tertiary/aromatic N) is 2. The van der Waals surface area contributed by atoms with Crippen molar-refractivity contribution in [1.82, 2.24) is 4.98 Å². The summed E-state index contributed by atoms with van der Waals surface area (Å²) in [4.78, 5) is 22.4. The Morgan fingerprint density at radius 3 is 2.96 bits per heavy atom. The second kappa shape index (κ2) is 5.75. The van der Waals surface area contributed by atoms with Gasteiger partial charge in [0.1, 0.15) is 11.5 Å². The highest BCUT2D eigenvalue weighted by molar-refractivity contribution is 9.10. The molecule has 0 aliphatic carbocycles. The van der Waals surface area contributed by atoms with E-state index in [1.807, 2.05) is 29.6 Å².